The summed E-state index contributed by atoms with van der Waals surface area (Å²) in [5.41, 5.74) is 3.08. The number of allylic oxidation sites excluding steroid dienone is 4. The second-order valence-electron chi connectivity index (χ2n) is 4.32. The van der Waals surface area contributed by atoms with Crippen LogP contribution in [0.1, 0.15) is 60.3 Å². The molecule has 0 aliphatic heterocycles. The fourth-order valence-corrected chi connectivity index (χ4v) is 1.60. The van der Waals surface area contributed by atoms with Crippen LogP contribution in [0.5, 0.6) is 0 Å². The van der Waals surface area contributed by atoms with Gasteiger partial charge in [-0.1, -0.05) is 44.1 Å². The number of rotatable bonds is 6. The van der Waals surface area contributed by atoms with Crippen molar-refractivity contribution < 1.29 is 0 Å². The largest absolute Gasteiger partial charge is 0.0856 e. The summed E-state index contributed by atoms with van der Waals surface area (Å²) in [5.74, 6) is 0.764. The van der Waals surface area contributed by atoms with Crippen LogP contribution >= 0.6 is 0 Å². The molecule has 0 aromatic heterocycles. The first-order chi connectivity index (χ1) is 6.61. The minimum absolute atomic E-state index is 0.764. The summed E-state index contributed by atoms with van der Waals surface area (Å²) in [7, 11) is 0. The second kappa shape index (κ2) is 7.84. The van der Waals surface area contributed by atoms with E-state index in [1.807, 2.05) is 0 Å². The molecule has 0 rings (SSSR count). The predicted molar refractivity (Wildman–Crippen MR) is 66.5 cm³/mol. The van der Waals surface area contributed by atoms with Gasteiger partial charge in [-0.25, -0.2) is 0 Å². The zero-order chi connectivity index (χ0) is 11.0. The van der Waals surface area contributed by atoms with E-state index in [0.29, 0.717) is 0 Å². The van der Waals surface area contributed by atoms with E-state index < -0.39 is 0 Å². The van der Waals surface area contributed by atoms with Gasteiger partial charge in [-0.05, 0) is 45.4 Å². The Morgan fingerprint density at radius 3 is 2.21 bits per heavy atom. The molecule has 0 aromatic carbocycles. The molecular formula is C14H26. The van der Waals surface area contributed by atoms with E-state index in [1.165, 1.54) is 31.3 Å². The Bertz CT molecular complexity index is 192. The number of hydrogen-bond acceptors (Lipinski definition) is 0. The molecule has 14 heavy (non-hydrogen) atoms. The lowest BCUT2D eigenvalue weighted by atomic mass is 9.93. The quantitative estimate of drug-likeness (QED) is 0.515. The van der Waals surface area contributed by atoms with Gasteiger partial charge in [0, 0.05) is 0 Å². The second-order valence-corrected chi connectivity index (χ2v) is 4.32. The minimum atomic E-state index is 0.764. The number of hydrogen-bond donors (Lipinski definition) is 0. The Kier molecular flexibility index (Phi) is 7.55. The fraction of sp³-hybridized carbons (Fsp3) is 0.714. The van der Waals surface area contributed by atoms with Crippen LogP contribution in [0.2, 0.25) is 0 Å². The van der Waals surface area contributed by atoms with Gasteiger partial charge in [0.25, 0.3) is 0 Å². The lowest BCUT2D eigenvalue weighted by molar-refractivity contribution is 0.620. The molecule has 0 aliphatic rings. The van der Waals surface area contributed by atoms with E-state index >= 15 is 0 Å². The van der Waals surface area contributed by atoms with Crippen LogP contribution in [0, 0.1) is 5.92 Å². The van der Waals surface area contributed by atoms with Crippen LogP contribution in [0.4, 0.5) is 0 Å². The molecule has 0 heterocycles. The lowest BCUT2D eigenvalue weighted by Crippen LogP contribution is -1.97. The van der Waals surface area contributed by atoms with Crippen molar-refractivity contribution in [1.29, 1.82) is 0 Å². The van der Waals surface area contributed by atoms with Crippen molar-refractivity contribution >= 4 is 0 Å². The van der Waals surface area contributed by atoms with Gasteiger partial charge < -0.3 is 0 Å². The summed E-state index contributed by atoms with van der Waals surface area (Å²) < 4.78 is 0. The van der Waals surface area contributed by atoms with Gasteiger partial charge >= 0.3 is 0 Å². The third kappa shape index (κ3) is 6.01. The topological polar surface area (TPSA) is 0 Å². The molecule has 0 saturated carbocycles. The SMILES string of the molecule is CCC=C(CCC=C(C)C)C(C)CC. The first kappa shape index (κ1) is 13.5. The van der Waals surface area contributed by atoms with Crippen molar-refractivity contribution in [3.8, 4) is 0 Å². The summed E-state index contributed by atoms with van der Waals surface area (Å²) in [4.78, 5) is 0. The molecule has 1 atom stereocenters. The molecule has 0 aliphatic carbocycles. The molecular weight excluding hydrogens is 168 g/mol. The molecule has 0 fully saturated rings. The third-order valence-corrected chi connectivity index (χ3v) is 2.70. The van der Waals surface area contributed by atoms with E-state index in [9.17, 15) is 0 Å². The Hall–Kier alpha value is -0.520. The molecule has 0 spiro atoms. The normalized spacial score (nSPS) is 13.9. The maximum Gasteiger partial charge on any atom is -0.0234 e. The van der Waals surface area contributed by atoms with Gasteiger partial charge in [-0.2, -0.15) is 0 Å². The van der Waals surface area contributed by atoms with Gasteiger partial charge in [-0.15, -0.1) is 0 Å². The third-order valence-electron chi connectivity index (χ3n) is 2.70. The van der Waals surface area contributed by atoms with E-state index in [-0.39, 0.29) is 0 Å². The first-order valence-corrected chi connectivity index (χ1v) is 5.94. The van der Waals surface area contributed by atoms with Gasteiger partial charge in [0.05, 0.1) is 0 Å². The van der Waals surface area contributed by atoms with Crippen LogP contribution < -0.4 is 0 Å². The van der Waals surface area contributed by atoms with Crippen LogP contribution in [-0.4, -0.2) is 0 Å². The van der Waals surface area contributed by atoms with Gasteiger partial charge in [-0.3, -0.25) is 0 Å². The zero-order valence-electron chi connectivity index (χ0n) is 10.6. The molecule has 0 amide bonds. The molecule has 0 bridgehead atoms. The van der Waals surface area contributed by atoms with Crippen LogP contribution in [0.25, 0.3) is 0 Å². The molecule has 82 valence electrons. The fourth-order valence-electron chi connectivity index (χ4n) is 1.60. The van der Waals surface area contributed by atoms with Crippen LogP contribution in [-0.2, 0) is 0 Å². The van der Waals surface area contributed by atoms with Crippen LogP contribution in [0.3, 0.4) is 0 Å². The Balaban J connectivity index is 4.11. The smallest absolute Gasteiger partial charge is 0.0234 e. The zero-order valence-corrected chi connectivity index (χ0v) is 10.6. The maximum atomic E-state index is 2.41. The van der Waals surface area contributed by atoms with Crippen molar-refractivity contribution in [3.63, 3.8) is 0 Å². The molecule has 0 radical (unpaired) electrons. The Morgan fingerprint density at radius 2 is 1.79 bits per heavy atom. The van der Waals surface area contributed by atoms with E-state index in [0.717, 1.165) is 5.92 Å². The Morgan fingerprint density at radius 1 is 1.14 bits per heavy atom. The average molecular weight is 194 g/mol. The predicted octanol–water partition coefficient (Wildman–Crippen LogP) is 5.12. The summed E-state index contributed by atoms with van der Waals surface area (Å²) in [6.07, 6.45) is 9.64. The van der Waals surface area contributed by atoms with E-state index in [1.54, 1.807) is 5.57 Å². The van der Waals surface area contributed by atoms with Crippen LogP contribution in [0.15, 0.2) is 23.3 Å². The van der Waals surface area contributed by atoms with Crippen molar-refractivity contribution in [1.82, 2.24) is 0 Å². The molecule has 0 saturated heterocycles. The summed E-state index contributed by atoms with van der Waals surface area (Å²) >= 11 is 0. The summed E-state index contributed by atoms with van der Waals surface area (Å²) in [6, 6.07) is 0. The molecule has 0 aromatic rings. The first-order valence-electron chi connectivity index (χ1n) is 5.94. The summed E-state index contributed by atoms with van der Waals surface area (Å²) in [6.45, 7) is 11.2. The highest BCUT2D eigenvalue weighted by molar-refractivity contribution is 5.07. The van der Waals surface area contributed by atoms with Crippen molar-refractivity contribution in [3.05, 3.63) is 23.3 Å². The highest BCUT2D eigenvalue weighted by Gasteiger charge is 2.04. The van der Waals surface area contributed by atoms with Crippen molar-refractivity contribution in [2.24, 2.45) is 5.92 Å². The molecule has 1 unspecified atom stereocenters. The van der Waals surface area contributed by atoms with Crippen molar-refractivity contribution in [2.45, 2.75) is 60.3 Å². The molecule has 0 N–H and O–H groups in total. The highest BCUT2D eigenvalue weighted by Crippen LogP contribution is 2.20. The lowest BCUT2D eigenvalue weighted by Gasteiger charge is -2.13. The maximum absolute atomic E-state index is 2.41. The van der Waals surface area contributed by atoms with Crippen molar-refractivity contribution in [2.75, 3.05) is 0 Å². The minimum Gasteiger partial charge on any atom is -0.0856 e. The van der Waals surface area contributed by atoms with Gasteiger partial charge in [0.1, 0.15) is 0 Å². The average Bonchev–Trinajstić information content (AvgIpc) is 2.15. The van der Waals surface area contributed by atoms with Gasteiger partial charge in [0.15, 0.2) is 0 Å². The summed E-state index contributed by atoms with van der Waals surface area (Å²) in [5, 5.41) is 0. The van der Waals surface area contributed by atoms with E-state index in [4.69, 9.17) is 0 Å². The van der Waals surface area contributed by atoms with E-state index in [2.05, 4.69) is 46.8 Å². The molecule has 0 nitrogen and oxygen atoms in total. The monoisotopic (exact) mass is 194 g/mol. The standard InChI is InChI=1S/C14H26/c1-6-9-14(13(5)7-2)11-8-10-12(3)4/h9-10,13H,6-8,11H2,1-5H3. The molecule has 0 heteroatoms. The van der Waals surface area contributed by atoms with Gasteiger partial charge in [0.2, 0.25) is 0 Å². The Labute approximate surface area is 90.1 Å². The highest BCUT2D eigenvalue weighted by atomic mass is 14.1.